The lowest BCUT2D eigenvalue weighted by Gasteiger charge is -2.32. The fourth-order valence-corrected chi connectivity index (χ4v) is 2.20. The molecule has 2 rings (SSSR count). The van der Waals surface area contributed by atoms with E-state index >= 15 is 0 Å². The maximum Gasteiger partial charge on any atom is 0.244 e. The lowest BCUT2D eigenvalue weighted by molar-refractivity contribution is -0.116. The van der Waals surface area contributed by atoms with E-state index in [0.29, 0.717) is 6.54 Å². The van der Waals surface area contributed by atoms with Crippen LogP contribution in [0.5, 0.6) is 0 Å². The SMILES string of the molecule is CN1CCN(CCNC(=O)/C=C/c2ccccc2)CC1. The molecule has 1 fully saturated rings. The van der Waals surface area contributed by atoms with Gasteiger partial charge in [0.1, 0.15) is 0 Å². The number of hydrogen-bond donors (Lipinski definition) is 1. The number of carbonyl (C=O) groups is 1. The Bertz CT molecular complexity index is 436. The Labute approximate surface area is 121 Å². The molecule has 1 aliphatic rings. The molecule has 1 heterocycles. The second kappa shape index (κ2) is 7.82. The van der Waals surface area contributed by atoms with Gasteiger partial charge in [-0.25, -0.2) is 0 Å². The van der Waals surface area contributed by atoms with Crippen LogP contribution in [-0.4, -0.2) is 62.0 Å². The van der Waals surface area contributed by atoms with Crippen LogP contribution in [0.3, 0.4) is 0 Å². The minimum Gasteiger partial charge on any atom is -0.351 e. The molecule has 1 aromatic rings. The van der Waals surface area contributed by atoms with Crippen LogP contribution in [0.2, 0.25) is 0 Å². The molecule has 0 bridgehead atoms. The highest BCUT2D eigenvalue weighted by atomic mass is 16.1. The van der Waals surface area contributed by atoms with Gasteiger partial charge < -0.3 is 10.2 Å². The molecular weight excluding hydrogens is 250 g/mol. The van der Waals surface area contributed by atoms with Crippen LogP contribution in [0.4, 0.5) is 0 Å². The van der Waals surface area contributed by atoms with Crippen molar-refractivity contribution in [2.45, 2.75) is 0 Å². The average Bonchev–Trinajstić information content (AvgIpc) is 2.48. The zero-order chi connectivity index (χ0) is 14.2. The van der Waals surface area contributed by atoms with Crippen molar-refractivity contribution >= 4 is 12.0 Å². The number of hydrogen-bond acceptors (Lipinski definition) is 3. The number of likely N-dealkylation sites (N-methyl/N-ethyl adjacent to an activating group) is 1. The van der Waals surface area contributed by atoms with Gasteiger partial charge in [0.05, 0.1) is 0 Å². The van der Waals surface area contributed by atoms with Gasteiger partial charge in [-0.2, -0.15) is 0 Å². The summed E-state index contributed by atoms with van der Waals surface area (Å²) in [4.78, 5) is 16.4. The highest BCUT2D eigenvalue weighted by molar-refractivity contribution is 5.91. The Morgan fingerprint density at radius 3 is 2.60 bits per heavy atom. The lowest BCUT2D eigenvalue weighted by atomic mass is 10.2. The third-order valence-corrected chi connectivity index (χ3v) is 3.55. The Morgan fingerprint density at radius 2 is 1.90 bits per heavy atom. The predicted octanol–water partition coefficient (Wildman–Crippen LogP) is 1.06. The molecule has 4 heteroatoms. The third kappa shape index (κ3) is 5.15. The first-order valence-corrected chi connectivity index (χ1v) is 7.16. The molecule has 0 aromatic heterocycles. The average molecular weight is 273 g/mol. The quantitative estimate of drug-likeness (QED) is 0.815. The summed E-state index contributed by atoms with van der Waals surface area (Å²) in [5.74, 6) is -0.0250. The van der Waals surface area contributed by atoms with Crippen LogP contribution in [0.15, 0.2) is 36.4 Å². The number of piperazine rings is 1. The van der Waals surface area contributed by atoms with E-state index in [1.165, 1.54) is 0 Å². The van der Waals surface area contributed by atoms with Crippen LogP contribution in [-0.2, 0) is 4.79 Å². The summed E-state index contributed by atoms with van der Waals surface area (Å²) < 4.78 is 0. The highest BCUT2D eigenvalue weighted by Crippen LogP contribution is 2.00. The van der Waals surface area contributed by atoms with Crippen molar-refractivity contribution in [3.05, 3.63) is 42.0 Å². The van der Waals surface area contributed by atoms with E-state index in [0.717, 1.165) is 38.3 Å². The minimum absolute atomic E-state index is 0.0250. The van der Waals surface area contributed by atoms with E-state index in [1.54, 1.807) is 6.08 Å². The van der Waals surface area contributed by atoms with Crippen LogP contribution >= 0.6 is 0 Å². The summed E-state index contributed by atoms with van der Waals surface area (Å²) in [5.41, 5.74) is 1.04. The zero-order valence-electron chi connectivity index (χ0n) is 12.1. The number of amides is 1. The van der Waals surface area contributed by atoms with Crippen LogP contribution in [0.25, 0.3) is 6.08 Å². The van der Waals surface area contributed by atoms with Gasteiger partial charge in [-0.15, -0.1) is 0 Å². The third-order valence-electron chi connectivity index (χ3n) is 3.55. The first-order valence-electron chi connectivity index (χ1n) is 7.16. The lowest BCUT2D eigenvalue weighted by Crippen LogP contribution is -2.46. The fourth-order valence-electron chi connectivity index (χ4n) is 2.20. The van der Waals surface area contributed by atoms with Crippen molar-refractivity contribution in [3.63, 3.8) is 0 Å². The molecule has 1 aliphatic heterocycles. The Hall–Kier alpha value is -1.65. The second-order valence-corrected chi connectivity index (χ2v) is 5.18. The summed E-state index contributed by atoms with van der Waals surface area (Å²) in [6, 6.07) is 9.85. The van der Waals surface area contributed by atoms with Crippen molar-refractivity contribution in [3.8, 4) is 0 Å². The van der Waals surface area contributed by atoms with E-state index < -0.39 is 0 Å². The zero-order valence-corrected chi connectivity index (χ0v) is 12.1. The van der Waals surface area contributed by atoms with Crippen molar-refractivity contribution in [1.82, 2.24) is 15.1 Å². The number of nitrogens with zero attached hydrogens (tertiary/aromatic N) is 2. The molecular formula is C16H23N3O. The van der Waals surface area contributed by atoms with Gasteiger partial charge in [-0.1, -0.05) is 30.3 Å². The van der Waals surface area contributed by atoms with Crippen LogP contribution in [0.1, 0.15) is 5.56 Å². The Morgan fingerprint density at radius 1 is 1.20 bits per heavy atom. The molecule has 1 saturated heterocycles. The van der Waals surface area contributed by atoms with Gasteiger partial charge in [0, 0.05) is 45.3 Å². The van der Waals surface area contributed by atoms with Crippen molar-refractivity contribution in [2.75, 3.05) is 46.3 Å². The molecule has 0 radical (unpaired) electrons. The molecule has 1 amide bonds. The topological polar surface area (TPSA) is 35.6 Å². The molecule has 0 saturated carbocycles. The van der Waals surface area contributed by atoms with E-state index in [-0.39, 0.29) is 5.91 Å². The standard InChI is InChI=1S/C16H23N3O/c1-18-11-13-19(14-12-18)10-9-17-16(20)8-7-15-5-3-2-4-6-15/h2-8H,9-14H2,1H3,(H,17,20)/b8-7+. The Kier molecular flexibility index (Phi) is 5.77. The van der Waals surface area contributed by atoms with Gasteiger partial charge in [-0.3, -0.25) is 9.69 Å². The number of benzene rings is 1. The molecule has 0 spiro atoms. The maximum atomic E-state index is 11.7. The number of nitrogens with one attached hydrogen (secondary N) is 1. The summed E-state index contributed by atoms with van der Waals surface area (Å²) in [5, 5.41) is 2.93. The van der Waals surface area contributed by atoms with E-state index in [9.17, 15) is 4.79 Å². The molecule has 0 aliphatic carbocycles. The monoisotopic (exact) mass is 273 g/mol. The van der Waals surface area contributed by atoms with Gasteiger partial charge in [0.25, 0.3) is 0 Å². The molecule has 20 heavy (non-hydrogen) atoms. The molecule has 0 unspecified atom stereocenters. The summed E-state index contributed by atoms with van der Waals surface area (Å²) in [7, 11) is 2.15. The summed E-state index contributed by atoms with van der Waals surface area (Å²) in [6.07, 6.45) is 3.44. The predicted molar refractivity (Wildman–Crippen MR) is 82.4 cm³/mol. The van der Waals surface area contributed by atoms with Gasteiger partial charge >= 0.3 is 0 Å². The fraction of sp³-hybridized carbons (Fsp3) is 0.438. The minimum atomic E-state index is -0.0250. The highest BCUT2D eigenvalue weighted by Gasteiger charge is 2.12. The normalized spacial score (nSPS) is 17.4. The first kappa shape index (κ1) is 14.8. The van der Waals surface area contributed by atoms with E-state index in [1.807, 2.05) is 36.4 Å². The van der Waals surface area contributed by atoms with Gasteiger partial charge in [0.2, 0.25) is 5.91 Å². The van der Waals surface area contributed by atoms with Crippen LogP contribution < -0.4 is 5.32 Å². The largest absolute Gasteiger partial charge is 0.351 e. The molecule has 4 nitrogen and oxygen atoms in total. The van der Waals surface area contributed by atoms with Gasteiger partial charge in [-0.05, 0) is 18.7 Å². The van der Waals surface area contributed by atoms with E-state index in [4.69, 9.17) is 0 Å². The van der Waals surface area contributed by atoms with Gasteiger partial charge in [0.15, 0.2) is 0 Å². The first-order chi connectivity index (χ1) is 9.74. The summed E-state index contributed by atoms with van der Waals surface area (Å²) in [6.45, 7) is 6.04. The second-order valence-electron chi connectivity index (χ2n) is 5.18. The number of rotatable bonds is 5. The molecule has 1 N–H and O–H groups in total. The molecule has 1 aromatic carbocycles. The molecule has 108 valence electrons. The smallest absolute Gasteiger partial charge is 0.244 e. The van der Waals surface area contributed by atoms with E-state index in [2.05, 4.69) is 22.2 Å². The Balaban J connectivity index is 1.64. The van der Waals surface area contributed by atoms with Crippen molar-refractivity contribution in [1.29, 1.82) is 0 Å². The molecule has 0 atom stereocenters. The van der Waals surface area contributed by atoms with Crippen molar-refractivity contribution < 1.29 is 4.79 Å². The maximum absolute atomic E-state index is 11.7. The number of carbonyl (C=O) groups excluding carboxylic acids is 1. The van der Waals surface area contributed by atoms with Crippen LogP contribution in [0, 0.1) is 0 Å². The summed E-state index contributed by atoms with van der Waals surface area (Å²) >= 11 is 0. The van der Waals surface area contributed by atoms with Crippen molar-refractivity contribution in [2.24, 2.45) is 0 Å².